The van der Waals surface area contributed by atoms with Gasteiger partial charge in [0.15, 0.2) is 0 Å². The summed E-state index contributed by atoms with van der Waals surface area (Å²) < 4.78 is 5.42. The molecule has 3 aliphatic rings. The van der Waals surface area contributed by atoms with Crippen molar-refractivity contribution in [1.29, 1.82) is 0 Å². The molecule has 1 N–H and O–H groups in total. The summed E-state index contributed by atoms with van der Waals surface area (Å²) >= 11 is 0. The molecule has 4 rings (SSSR count). The topological polar surface area (TPSA) is 61.9 Å². The van der Waals surface area contributed by atoms with Gasteiger partial charge in [-0.15, -0.1) is 0 Å². The van der Waals surface area contributed by atoms with E-state index in [2.05, 4.69) is 34.5 Å². The number of hydrogen-bond donors (Lipinski definition) is 1. The fraction of sp³-hybridized carbons (Fsp3) is 0.667. The summed E-state index contributed by atoms with van der Waals surface area (Å²) in [5.74, 6) is 0.333. The first-order chi connectivity index (χ1) is 14.7. The molecular weight excluding hydrogens is 378 g/mol. The molecule has 3 fully saturated rings. The number of nitrogens with zero attached hydrogens (tertiary/aromatic N) is 2. The van der Waals surface area contributed by atoms with Gasteiger partial charge in [-0.05, 0) is 36.8 Å². The summed E-state index contributed by atoms with van der Waals surface area (Å²) in [7, 11) is 0. The molecule has 0 radical (unpaired) electrons. The van der Waals surface area contributed by atoms with Crippen LogP contribution in [0, 0.1) is 5.92 Å². The smallest absolute Gasteiger partial charge is 0.243 e. The van der Waals surface area contributed by atoms with E-state index in [9.17, 15) is 9.59 Å². The monoisotopic (exact) mass is 413 g/mol. The van der Waals surface area contributed by atoms with Crippen molar-refractivity contribution in [3.63, 3.8) is 0 Å². The maximum absolute atomic E-state index is 13.0. The maximum Gasteiger partial charge on any atom is 0.243 e. The summed E-state index contributed by atoms with van der Waals surface area (Å²) in [5, 5.41) is 3.09. The number of amides is 2. The Labute approximate surface area is 179 Å². The molecule has 2 aliphatic heterocycles. The van der Waals surface area contributed by atoms with Crippen molar-refractivity contribution in [1.82, 2.24) is 15.1 Å². The summed E-state index contributed by atoms with van der Waals surface area (Å²) in [6, 6.07) is 8.14. The molecule has 1 aliphatic carbocycles. The first-order valence-corrected chi connectivity index (χ1v) is 11.7. The van der Waals surface area contributed by atoms with Crippen molar-refractivity contribution in [3.05, 3.63) is 35.4 Å². The Morgan fingerprint density at radius 3 is 2.53 bits per heavy atom. The SMILES string of the molecule is O=C(NCc1cccc(CN2CCOCC2)c1)C1CCCN1C(=O)C1CCCCC1. The molecule has 6 nitrogen and oxygen atoms in total. The number of likely N-dealkylation sites (tertiary alicyclic amines) is 1. The van der Waals surface area contributed by atoms with Crippen LogP contribution in [-0.2, 0) is 27.4 Å². The molecule has 1 unspecified atom stereocenters. The predicted octanol–water partition coefficient (Wildman–Crippen LogP) is 2.71. The summed E-state index contributed by atoms with van der Waals surface area (Å²) in [5.41, 5.74) is 2.37. The van der Waals surface area contributed by atoms with Crippen molar-refractivity contribution in [3.8, 4) is 0 Å². The van der Waals surface area contributed by atoms with E-state index in [4.69, 9.17) is 4.74 Å². The van der Waals surface area contributed by atoms with E-state index in [0.717, 1.165) is 83.5 Å². The molecule has 1 saturated carbocycles. The third-order valence-corrected chi connectivity index (χ3v) is 6.76. The second-order valence-electron chi connectivity index (χ2n) is 8.95. The van der Waals surface area contributed by atoms with Crippen LogP contribution < -0.4 is 5.32 Å². The quantitative estimate of drug-likeness (QED) is 0.779. The van der Waals surface area contributed by atoms with Crippen molar-refractivity contribution < 1.29 is 14.3 Å². The molecule has 2 heterocycles. The first kappa shape index (κ1) is 21.3. The number of rotatable bonds is 6. The molecule has 2 saturated heterocycles. The molecule has 0 aromatic heterocycles. The third kappa shape index (κ3) is 5.41. The van der Waals surface area contributed by atoms with Gasteiger partial charge in [-0.1, -0.05) is 43.5 Å². The lowest BCUT2D eigenvalue weighted by Crippen LogP contribution is -2.48. The largest absolute Gasteiger partial charge is 0.379 e. The zero-order valence-corrected chi connectivity index (χ0v) is 18.0. The molecule has 0 bridgehead atoms. The summed E-state index contributed by atoms with van der Waals surface area (Å²) in [6.07, 6.45) is 7.19. The number of morpholine rings is 1. The van der Waals surface area contributed by atoms with Gasteiger partial charge in [0.1, 0.15) is 6.04 Å². The average molecular weight is 414 g/mol. The summed E-state index contributed by atoms with van der Waals surface area (Å²) in [6.45, 7) is 5.68. The molecule has 1 aromatic carbocycles. The highest BCUT2D eigenvalue weighted by Gasteiger charge is 2.37. The van der Waals surface area contributed by atoms with E-state index in [0.29, 0.717) is 6.54 Å². The van der Waals surface area contributed by atoms with Crippen LogP contribution in [0.15, 0.2) is 24.3 Å². The Kier molecular flexibility index (Phi) is 7.39. The maximum atomic E-state index is 13.0. The lowest BCUT2D eigenvalue weighted by atomic mass is 9.88. The lowest BCUT2D eigenvalue weighted by molar-refractivity contribution is -0.142. The van der Waals surface area contributed by atoms with Crippen LogP contribution in [0.1, 0.15) is 56.1 Å². The van der Waals surface area contributed by atoms with Crippen molar-refractivity contribution in [2.45, 2.75) is 64.1 Å². The van der Waals surface area contributed by atoms with Gasteiger partial charge < -0.3 is 15.0 Å². The van der Waals surface area contributed by atoms with E-state index in [1.807, 2.05) is 4.90 Å². The van der Waals surface area contributed by atoms with Crippen molar-refractivity contribution >= 4 is 11.8 Å². The minimum Gasteiger partial charge on any atom is -0.379 e. The second kappa shape index (κ2) is 10.4. The molecule has 1 atom stereocenters. The van der Waals surface area contributed by atoms with E-state index in [1.165, 1.54) is 12.0 Å². The van der Waals surface area contributed by atoms with Crippen LogP contribution in [0.25, 0.3) is 0 Å². The Balaban J connectivity index is 1.30. The minimum absolute atomic E-state index is 0.00441. The van der Waals surface area contributed by atoms with Gasteiger partial charge in [-0.25, -0.2) is 0 Å². The van der Waals surface area contributed by atoms with Gasteiger partial charge in [0.25, 0.3) is 0 Å². The fourth-order valence-corrected chi connectivity index (χ4v) is 5.05. The number of carbonyl (C=O) groups excluding carboxylic acids is 2. The van der Waals surface area contributed by atoms with Gasteiger partial charge in [0.2, 0.25) is 11.8 Å². The highest BCUT2D eigenvalue weighted by atomic mass is 16.5. The second-order valence-corrected chi connectivity index (χ2v) is 8.95. The summed E-state index contributed by atoms with van der Waals surface area (Å²) in [4.78, 5) is 30.1. The van der Waals surface area contributed by atoms with Gasteiger partial charge in [0, 0.05) is 38.6 Å². The minimum atomic E-state index is -0.295. The Morgan fingerprint density at radius 2 is 1.73 bits per heavy atom. The van der Waals surface area contributed by atoms with Crippen LogP contribution in [0.3, 0.4) is 0 Å². The molecule has 6 heteroatoms. The van der Waals surface area contributed by atoms with Crippen LogP contribution in [0.4, 0.5) is 0 Å². The van der Waals surface area contributed by atoms with Crippen LogP contribution in [0.2, 0.25) is 0 Å². The van der Waals surface area contributed by atoms with Crippen LogP contribution in [-0.4, -0.2) is 60.5 Å². The van der Waals surface area contributed by atoms with Gasteiger partial charge in [0.05, 0.1) is 13.2 Å². The molecule has 0 spiro atoms. The van der Waals surface area contributed by atoms with Crippen LogP contribution >= 0.6 is 0 Å². The van der Waals surface area contributed by atoms with Gasteiger partial charge in [-0.2, -0.15) is 0 Å². The Hall–Kier alpha value is -1.92. The molecule has 30 heavy (non-hydrogen) atoms. The number of carbonyl (C=O) groups is 2. The first-order valence-electron chi connectivity index (χ1n) is 11.7. The van der Waals surface area contributed by atoms with Crippen molar-refractivity contribution in [2.24, 2.45) is 5.92 Å². The van der Waals surface area contributed by atoms with Crippen LogP contribution in [0.5, 0.6) is 0 Å². The van der Waals surface area contributed by atoms with E-state index >= 15 is 0 Å². The van der Waals surface area contributed by atoms with E-state index in [-0.39, 0.29) is 23.8 Å². The highest BCUT2D eigenvalue weighted by Crippen LogP contribution is 2.28. The number of benzene rings is 1. The standard InChI is InChI=1S/C24H35N3O3/c28-23(22-10-5-11-27(22)24(29)21-8-2-1-3-9-21)25-17-19-6-4-7-20(16-19)18-26-12-14-30-15-13-26/h4,6-7,16,21-22H,1-3,5,8-15,17-18H2,(H,25,28). The predicted molar refractivity (Wildman–Crippen MR) is 116 cm³/mol. The zero-order valence-electron chi connectivity index (χ0n) is 18.0. The number of nitrogens with one attached hydrogen (secondary N) is 1. The Morgan fingerprint density at radius 1 is 0.967 bits per heavy atom. The van der Waals surface area contributed by atoms with Gasteiger partial charge in [-0.3, -0.25) is 14.5 Å². The molecular formula is C24H35N3O3. The van der Waals surface area contributed by atoms with Gasteiger partial charge >= 0.3 is 0 Å². The number of hydrogen-bond acceptors (Lipinski definition) is 4. The fourth-order valence-electron chi connectivity index (χ4n) is 5.05. The molecule has 164 valence electrons. The normalized spacial score (nSPS) is 23.5. The molecule has 2 amide bonds. The lowest BCUT2D eigenvalue weighted by Gasteiger charge is -2.30. The number of ether oxygens (including phenoxy) is 1. The Bertz CT molecular complexity index is 726. The van der Waals surface area contributed by atoms with E-state index in [1.54, 1.807) is 0 Å². The van der Waals surface area contributed by atoms with Crippen molar-refractivity contribution in [2.75, 3.05) is 32.8 Å². The van der Waals surface area contributed by atoms with E-state index < -0.39 is 0 Å². The third-order valence-electron chi connectivity index (χ3n) is 6.76. The highest BCUT2D eigenvalue weighted by molar-refractivity contribution is 5.89. The average Bonchev–Trinajstić information content (AvgIpc) is 3.29. The molecule has 1 aromatic rings. The zero-order chi connectivity index (χ0) is 20.8.